The van der Waals surface area contributed by atoms with Crippen molar-refractivity contribution in [3.05, 3.63) is 30.0 Å². The number of hydrogen-bond donors (Lipinski definition) is 1. The lowest BCUT2D eigenvalue weighted by Crippen LogP contribution is -2.38. The molecule has 1 aromatic carbocycles. The summed E-state index contributed by atoms with van der Waals surface area (Å²) >= 11 is 0. The second kappa shape index (κ2) is 6.36. The van der Waals surface area contributed by atoms with Gasteiger partial charge >= 0.3 is 0 Å². The summed E-state index contributed by atoms with van der Waals surface area (Å²) in [7, 11) is 0. The van der Waals surface area contributed by atoms with Gasteiger partial charge in [0.2, 0.25) is 0 Å². The number of fused-ring (bicyclic) bond motifs is 1. The van der Waals surface area contributed by atoms with Gasteiger partial charge in [-0.3, -0.25) is 10.00 Å². The highest BCUT2D eigenvalue weighted by Gasteiger charge is 2.25. The molecule has 1 unspecified atom stereocenters. The van der Waals surface area contributed by atoms with E-state index in [9.17, 15) is 0 Å². The van der Waals surface area contributed by atoms with Crippen LogP contribution in [0.2, 0.25) is 0 Å². The Morgan fingerprint density at radius 1 is 1.23 bits per heavy atom. The molecule has 2 aliphatic heterocycles. The third kappa shape index (κ3) is 3.02. The maximum Gasteiger partial charge on any atom is 0.0834 e. The van der Waals surface area contributed by atoms with Gasteiger partial charge in [-0.15, -0.1) is 0 Å². The van der Waals surface area contributed by atoms with Crippen molar-refractivity contribution in [2.45, 2.75) is 38.0 Å². The number of benzene rings is 1. The van der Waals surface area contributed by atoms with Crippen LogP contribution in [0.5, 0.6) is 0 Å². The lowest BCUT2D eigenvalue weighted by molar-refractivity contribution is -0.0447. The van der Waals surface area contributed by atoms with Crippen molar-refractivity contribution in [1.82, 2.24) is 15.1 Å². The lowest BCUT2D eigenvalue weighted by atomic mass is 10.0. The number of ether oxygens (including phenoxy) is 2. The summed E-state index contributed by atoms with van der Waals surface area (Å²) in [6.45, 7) is 4.84. The number of nitrogens with zero attached hydrogens (tertiary/aromatic N) is 2. The Balaban J connectivity index is 1.33. The zero-order valence-corrected chi connectivity index (χ0v) is 12.8. The first-order valence-electron chi connectivity index (χ1n) is 8.25. The van der Waals surface area contributed by atoms with E-state index < -0.39 is 0 Å². The second-order valence-electron chi connectivity index (χ2n) is 6.35. The molecule has 0 spiro atoms. The zero-order chi connectivity index (χ0) is 14.8. The van der Waals surface area contributed by atoms with Crippen LogP contribution in [0.3, 0.4) is 0 Å². The first kappa shape index (κ1) is 14.2. The summed E-state index contributed by atoms with van der Waals surface area (Å²) in [5.41, 5.74) is 2.48. The third-order valence-electron chi connectivity index (χ3n) is 4.78. The van der Waals surface area contributed by atoms with Crippen LogP contribution in [0.15, 0.2) is 24.4 Å². The van der Waals surface area contributed by atoms with Crippen LogP contribution in [0.4, 0.5) is 0 Å². The molecular formula is C17H23N3O2. The molecule has 22 heavy (non-hydrogen) atoms. The van der Waals surface area contributed by atoms with Gasteiger partial charge in [-0.2, -0.15) is 5.10 Å². The third-order valence-corrected chi connectivity index (χ3v) is 4.78. The van der Waals surface area contributed by atoms with E-state index in [2.05, 4.69) is 33.3 Å². The topological polar surface area (TPSA) is 50.4 Å². The molecule has 0 aliphatic carbocycles. The van der Waals surface area contributed by atoms with E-state index in [0.29, 0.717) is 12.2 Å². The first-order chi connectivity index (χ1) is 10.9. The fourth-order valence-electron chi connectivity index (χ4n) is 3.50. The van der Waals surface area contributed by atoms with Crippen LogP contribution in [0.25, 0.3) is 10.9 Å². The van der Waals surface area contributed by atoms with Gasteiger partial charge in [-0.05, 0) is 30.9 Å². The number of aromatic nitrogens is 2. The average molecular weight is 301 g/mol. The van der Waals surface area contributed by atoms with E-state index in [1.807, 2.05) is 6.20 Å². The van der Waals surface area contributed by atoms with Crippen LogP contribution >= 0.6 is 0 Å². The van der Waals surface area contributed by atoms with E-state index in [0.717, 1.165) is 57.6 Å². The summed E-state index contributed by atoms with van der Waals surface area (Å²) in [5.74, 6) is 0. The van der Waals surface area contributed by atoms with Gasteiger partial charge in [0.25, 0.3) is 0 Å². The summed E-state index contributed by atoms with van der Waals surface area (Å²) in [4.78, 5) is 2.52. The number of aromatic amines is 1. The Morgan fingerprint density at radius 3 is 2.95 bits per heavy atom. The fourth-order valence-corrected chi connectivity index (χ4v) is 3.50. The Morgan fingerprint density at radius 2 is 2.14 bits per heavy atom. The highest BCUT2D eigenvalue weighted by atomic mass is 16.5. The number of likely N-dealkylation sites (tertiary alicyclic amines) is 1. The predicted octanol–water partition coefficient (Wildman–Crippen LogP) is 2.33. The van der Waals surface area contributed by atoms with Crippen molar-refractivity contribution in [3.63, 3.8) is 0 Å². The SMILES string of the molecule is c1cc(CN2CCC(OC3CCOC3)CC2)c2cn[nH]c2c1. The highest BCUT2D eigenvalue weighted by molar-refractivity contribution is 5.81. The zero-order valence-electron chi connectivity index (χ0n) is 12.8. The minimum atomic E-state index is 0.330. The quantitative estimate of drug-likeness (QED) is 0.941. The first-order valence-corrected chi connectivity index (χ1v) is 8.25. The van der Waals surface area contributed by atoms with E-state index in [4.69, 9.17) is 9.47 Å². The van der Waals surface area contributed by atoms with Gasteiger partial charge in [-0.25, -0.2) is 0 Å². The van der Waals surface area contributed by atoms with Crippen LogP contribution < -0.4 is 0 Å². The smallest absolute Gasteiger partial charge is 0.0834 e. The van der Waals surface area contributed by atoms with Crippen LogP contribution in [0.1, 0.15) is 24.8 Å². The molecule has 0 radical (unpaired) electrons. The van der Waals surface area contributed by atoms with Crippen molar-refractivity contribution in [3.8, 4) is 0 Å². The molecule has 0 amide bonds. The highest BCUT2D eigenvalue weighted by Crippen LogP contribution is 2.22. The minimum Gasteiger partial charge on any atom is -0.379 e. The molecule has 5 heteroatoms. The van der Waals surface area contributed by atoms with Crippen LogP contribution in [-0.2, 0) is 16.0 Å². The fraction of sp³-hybridized carbons (Fsp3) is 0.588. The minimum absolute atomic E-state index is 0.330. The largest absolute Gasteiger partial charge is 0.379 e. The molecule has 1 aromatic heterocycles. The summed E-state index contributed by atoms with van der Waals surface area (Å²) in [6.07, 6.45) is 5.97. The molecule has 118 valence electrons. The Kier molecular flexibility index (Phi) is 4.10. The maximum absolute atomic E-state index is 6.14. The molecule has 2 aromatic rings. The Bertz CT molecular complexity index is 613. The number of hydrogen-bond acceptors (Lipinski definition) is 4. The van der Waals surface area contributed by atoms with E-state index in [1.165, 1.54) is 10.9 Å². The molecule has 2 aliphatic rings. The van der Waals surface area contributed by atoms with Gasteiger partial charge in [0.05, 0.1) is 30.5 Å². The van der Waals surface area contributed by atoms with Crippen molar-refractivity contribution < 1.29 is 9.47 Å². The van der Waals surface area contributed by atoms with E-state index >= 15 is 0 Å². The molecule has 5 nitrogen and oxygen atoms in total. The van der Waals surface area contributed by atoms with Crippen molar-refractivity contribution in [2.24, 2.45) is 0 Å². The van der Waals surface area contributed by atoms with E-state index in [-0.39, 0.29) is 0 Å². The van der Waals surface area contributed by atoms with Crippen LogP contribution in [0, 0.1) is 0 Å². The lowest BCUT2D eigenvalue weighted by Gasteiger charge is -2.33. The van der Waals surface area contributed by atoms with Crippen molar-refractivity contribution in [1.29, 1.82) is 0 Å². The second-order valence-corrected chi connectivity index (χ2v) is 6.35. The van der Waals surface area contributed by atoms with E-state index in [1.54, 1.807) is 0 Å². The molecule has 3 heterocycles. The maximum atomic E-state index is 6.14. The molecular weight excluding hydrogens is 278 g/mol. The molecule has 1 atom stereocenters. The van der Waals surface area contributed by atoms with Crippen molar-refractivity contribution >= 4 is 10.9 Å². The molecule has 2 fully saturated rings. The number of H-pyrrole nitrogens is 1. The summed E-state index contributed by atoms with van der Waals surface area (Å²) < 4.78 is 11.5. The summed E-state index contributed by atoms with van der Waals surface area (Å²) in [5, 5.41) is 8.43. The average Bonchev–Trinajstić information content (AvgIpc) is 3.21. The normalized spacial score (nSPS) is 24.3. The van der Waals surface area contributed by atoms with Gasteiger partial charge in [-0.1, -0.05) is 12.1 Å². The molecule has 1 N–H and O–H groups in total. The van der Waals surface area contributed by atoms with Crippen LogP contribution in [-0.4, -0.2) is 53.6 Å². The molecule has 4 rings (SSSR count). The van der Waals surface area contributed by atoms with Gasteiger partial charge < -0.3 is 9.47 Å². The number of piperidine rings is 1. The standard InChI is InChI=1S/C17H23N3O2/c1-2-13(16-10-18-19-17(16)3-1)11-20-7-4-14(5-8-20)22-15-6-9-21-12-15/h1-3,10,14-15H,4-9,11-12H2,(H,18,19). The van der Waals surface area contributed by atoms with Gasteiger partial charge in [0.15, 0.2) is 0 Å². The Hall–Kier alpha value is -1.43. The summed E-state index contributed by atoms with van der Waals surface area (Å²) in [6, 6.07) is 6.39. The molecule has 0 bridgehead atoms. The molecule has 2 saturated heterocycles. The van der Waals surface area contributed by atoms with Gasteiger partial charge in [0.1, 0.15) is 0 Å². The van der Waals surface area contributed by atoms with Crippen molar-refractivity contribution in [2.75, 3.05) is 26.3 Å². The Labute approximate surface area is 130 Å². The number of rotatable bonds is 4. The monoisotopic (exact) mass is 301 g/mol. The number of nitrogens with one attached hydrogen (secondary N) is 1. The van der Waals surface area contributed by atoms with Gasteiger partial charge in [0, 0.05) is 31.6 Å². The predicted molar refractivity (Wildman–Crippen MR) is 84.7 cm³/mol. The molecule has 0 saturated carbocycles.